The van der Waals surface area contributed by atoms with E-state index in [2.05, 4.69) is 29.6 Å². The lowest BCUT2D eigenvalue weighted by atomic mass is 10.1. The summed E-state index contributed by atoms with van der Waals surface area (Å²) in [6.07, 6.45) is 0.874. The van der Waals surface area contributed by atoms with Crippen molar-refractivity contribution < 1.29 is 13.3 Å². The molecule has 6 heteroatoms. The van der Waals surface area contributed by atoms with Crippen LogP contribution in [0.5, 0.6) is 0 Å². The van der Waals surface area contributed by atoms with E-state index in [1.54, 1.807) is 21.3 Å². The van der Waals surface area contributed by atoms with Gasteiger partial charge >= 0.3 is 8.80 Å². The molecule has 0 aliphatic heterocycles. The summed E-state index contributed by atoms with van der Waals surface area (Å²) in [7, 11) is 2.45. The summed E-state index contributed by atoms with van der Waals surface area (Å²) < 4.78 is 16.2. The Bertz CT molecular complexity index is 347. The molecule has 0 saturated heterocycles. The van der Waals surface area contributed by atoms with Crippen molar-refractivity contribution in [3.8, 4) is 0 Å². The van der Waals surface area contributed by atoms with E-state index in [-0.39, 0.29) is 0 Å². The molecule has 5 nitrogen and oxygen atoms in total. The maximum Gasteiger partial charge on any atom is 0.500 e. The third-order valence-corrected chi connectivity index (χ3v) is 5.81. The number of aryl methyl sites for hydroxylation is 1. The van der Waals surface area contributed by atoms with Gasteiger partial charge in [0.25, 0.3) is 0 Å². The van der Waals surface area contributed by atoms with Gasteiger partial charge in [0.05, 0.1) is 0 Å². The van der Waals surface area contributed by atoms with Crippen LogP contribution in [-0.2, 0) is 19.7 Å². The van der Waals surface area contributed by atoms with Crippen LogP contribution in [0.15, 0.2) is 24.3 Å². The van der Waals surface area contributed by atoms with E-state index in [1.807, 2.05) is 0 Å². The van der Waals surface area contributed by atoms with Gasteiger partial charge < -0.3 is 24.3 Å². The van der Waals surface area contributed by atoms with Gasteiger partial charge in [0.15, 0.2) is 0 Å². The van der Waals surface area contributed by atoms with Gasteiger partial charge in [-0.3, -0.25) is 0 Å². The molecule has 0 radical (unpaired) electrons. The minimum atomic E-state index is -2.47. The molecule has 0 aliphatic carbocycles. The molecule has 0 saturated carbocycles. The fourth-order valence-corrected chi connectivity index (χ4v) is 3.57. The topological polar surface area (TPSA) is 65.7 Å². The van der Waals surface area contributed by atoms with Crippen LogP contribution in [0.4, 0.5) is 5.69 Å². The van der Waals surface area contributed by atoms with Crippen molar-refractivity contribution in [2.75, 3.05) is 39.7 Å². The molecule has 0 bridgehead atoms. The van der Waals surface area contributed by atoms with E-state index in [1.165, 1.54) is 5.56 Å². The molecule has 0 atom stereocenters. The number of hydrogen-bond acceptors (Lipinski definition) is 5. The zero-order chi connectivity index (χ0) is 14.1. The Kier molecular flexibility index (Phi) is 7.04. The van der Waals surface area contributed by atoms with E-state index < -0.39 is 8.80 Å². The van der Waals surface area contributed by atoms with E-state index >= 15 is 0 Å². The van der Waals surface area contributed by atoms with E-state index in [0.29, 0.717) is 6.54 Å². The Balaban J connectivity index is 2.53. The van der Waals surface area contributed by atoms with Crippen LogP contribution >= 0.6 is 0 Å². The number of nitrogens with two attached hydrogens (primary N) is 1. The standard InChI is InChI=1S/C13H24N2O3Si/c1-16-19(17-2,18-3)11-8-12-4-6-13(7-5-12)15-10-9-14/h4-7,15H,8-11,14H2,1-3H3. The van der Waals surface area contributed by atoms with Crippen LogP contribution in [0.3, 0.4) is 0 Å². The molecule has 0 aromatic heterocycles. The van der Waals surface area contributed by atoms with Gasteiger partial charge in [-0.15, -0.1) is 0 Å². The van der Waals surface area contributed by atoms with E-state index in [4.69, 9.17) is 19.0 Å². The maximum atomic E-state index is 5.45. The van der Waals surface area contributed by atoms with Crippen LogP contribution in [0.25, 0.3) is 0 Å². The molecule has 0 heterocycles. The SMILES string of the molecule is CO[Si](CCc1ccc(NCCN)cc1)(OC)OC. The normalized spacial score (nSPS) is 11.6. The Morgan fingerprint density at radius 3 is 2.11 bits per heavy atom. The summed E-state index contributed by atoms with van der Waals surface area (Å²) in [6, 6.07) is 9.07. The molecule has 108 valence electrons. The number of rotatable bonds is 9. The second-order valence-corrected chi connectivity index (χ2v) is 7.30. The highest BCUT2D eigenvalue weighted by atomic mass is 28.4. The van der Waals surface area contributed by atoms with Gasteiger partial charge in [-0.05, 0) is 24.1 Å². The van der Waals surface area contributed by atoms with Crippen LogP contribution in [-0.4, -0.2) is 43.2 Å². The van der Waals surface area contributed by atoms with Crippen LogP contribution in [0.1, 0.15) is 5.56 Å². The molecule has 1 aromatic rings. The van der Waals surface area contributed by atoms with Gasteiger partial charge in [-0.2, -0.15) is 0 Å². The number of nitrogens with one attached hydrogen (secondary N) is 1. The van der Waals surface area contributed by atoms with Gasteiger partial charge in [0, 0.05) is 46.2 Å². The molecule has 1 rings (SSSR count). The zero-order valence-corrected chi connectivity index (χ0v) is 12.9. The molecular formula is C13H24N2O3Si. The van der Waals surface area contributed by atoms with Gasteiger partial charge in [0.2, 0.25) is 0 Å². The minimum absolute atomic E-state index is 0.630. The second kappa shape index (κ2) is 8.29. The lowest BCUT2D eigenvalue weighted by molar-refractivity contribution is 0.123. The lowest BCUT2D eigenvalue weighted by Gasteiger charge is -2.24. The molecule has 0 fully saturated rings. The monoisotopic (exact) mass is 284 g/mol. The fraction of sp³-hybridized carbons (Fsp3) is 0.538. The van der Waals surface area contributed by atoms with Crippen LogP contribution in [0, 0.1) is 0 Å². The molecule has 1 aromatic carbocycles. The zero-order valence-electron chi connectivity index (χ0n) is 11.9. The van der Waals surface area contributed by atoms with Crippen molar-refractivity contribution in [2.24, 2.45) is 5.73 Å². The first-order valence-corrected chi connectivity index (χ1v) is 8.31. The predicted molar refractivity (Wildman–Crippen MR) is 79.3 cm³/mol. The van der Waals surface area contributed by atoms with E-state index in [9.17, 15) is 0 Å². The minimum Gasteiger partial charge on any atom is -0.384 e. The molecule has 0 spiro atoms. The molecule has 3 N–H and O–H groups in total. The third-order valence-electron chi connectivity index (χ3n) is 3.08. The molecular weight excluding hydrogens is 260 g/mol. The lowest BCUT2D eigenvalue weighted by Crippen LogP contribution is -2.43. The first-order valence-electron chi connectivity index (χ1n) is 6.38. The van der Waals surface area contributed by atoms with E-state index in [0.717, 1.165) is 24.7 Å². The maximum absolute atomic E-state index is 5.45. The van der Waals surface area contributed by atoms with Crippen molar-refractivity contribution >= 4 is 14.5 Å². The molecule has 0 aliphatic rings. The molecule has 0 unspecified atom stereocenters. The number of anilines is 1. The largest absolute Gasteiger partial charge is 0.500 e. The average Bonchev–Trinajstić information content (AvgIpc) is 2.48. The third kappa shape index (κ3) is 4.92. The Morgan fingerprint density at radius 2 is 1.63 bits per heavy atom. The fourth-order valence-electron chi connectivity index (χ4n) is 1.86. The first kappa shape index (κ1) is 16.1. The average molecular weight is 284 g/mol. The van der Waals surface area contributed by atoms with Gasteiger partial charge in [-0.25, -0.2) is 0 Å². The van der Waals surface area contributed by atoms with Crippen molar-refractivity contribution in [3.63, 3.8) is 0 Å². The summed E-state index contributed by atoms with van der Waals surface area (Å²) in [5.41, 5.74) is 7.77. The second-order valence-electron chi connectivity index (χ2n) is 4.21. The van der Waals surface area contributed by atoms with Gasteiger partial charge in [0.1, 0.15) is 0 Å². The first-order chi connectivity index (χ1) is 9.19. The Morgan fingerprint density at radius 1 is 1.05 bits per heavy atom. The van der Waals surface area contributed by atoms with Crippen molar-refractivity contribution in [1.82, 2.24) is 0 Å². The number of benzene rings is 1. The Labute approximate surface area is 116 Å². The molecule has 0 amide bonds. The van der Waals surface area contributed by atoms with Crippen molar-refractivity contribution in [2.45, 2.75) is 12.5 Å². The highest BCUT2D eigenvalue weighted by Crippen LogP contribution is 2.18. The highest BCUT2D eigenvalue weighted by Gasteiger charge is 2.36. The summed E-state index contributed by atoms with van der Waals surface area (Å²) in [5.74, 6) is 0. The van der Waals surface area contributed by atoms with Crippen molar-refractivity contribution in [1.29, 1.82) is 0 Å². The van der Waals surface area contributed by atoms with Crippen LogP contribution < -0.4 is 11.1 Å². The van der Waals surface area contributed by atoms with Gasteiger partial charge in [-0.1, -0.05) is 12.1 Å². The summed E-state index contributed by atoms with van der Waals surface area (Å²) in [5, 5.41) is 3.24. The van der Waals surface area contributed by atoms with Crippen LogP contribution in [0.2, 0.25) is 6.04 Å². The smallest absolute Gasteiger partial charge is 0.384 e. The quantitative estimate of drug-likeness (QED) is 0.672. The Hall–Kier alpha value is -0.923. The summed E-state index contributed by atoms with van der Waals surface area (Å²) in [4.78, 5) is 0. The number of hydrogen-bond donors (Lipinski definition) is 2. The predicted octanol–water partition coefficient (Wildman–Crippen LogP) is 1.48. The van der Waals surface area contributed by atoms with Crippen molar-refractivity contribution in [3.05, 3.63) is 29.8 Å². The summed E-state index contributed by atoms with van der Waals surface area (Å²) in [6.45, 7) is 1.41. The highest BCUT2D eigenvalue weighted by molar-refractivity contribution is 6.60. The summed E-state index contributed by atoms with van der Waals surface area (Å²) >= 11 is 0. The molecule has 19 heavy (non-hydrogen) atoms.